The molecule has 7 aliphatic rings. The quantitative estimate of drug-likeness (QED) is 0.151. The Morgan fingerprint density at radius 2 is 1.10 bits per heavy atom. The van der Waals surface area contributed by atoms with Gasteiger partial charge in [0.15, 0.2) is 0 Å². The Morgan fingerprint density at radius 3 is 1.54 bits per heavy atom. The molecule has 0 saturated heterocycles. The molecule has 0 aliphatic heterocycles. The van der Waals surface area contributed by atoms with Gasteiger partial charge in [-0.1, -0.05) is 186 Å². The number of hydrogen-bond donors (Lipinski definition) is 0. The Balaban J connectivity index is 0. The average molecular weight is 1100 g/mol. The van der Waals surface area contributed by atoms with Gasteiger partial charge in [0.1, 0.15) is 0 Å². The molecule has 8 atom stereocenters. The van der Waals surface area contributed by atoms with Crippen molar-refractivity contribution in [1.29, 1.82) is 0 Å². The summed E-state index contributed by atoms with van der Waals surface area (Å²) in [6.45, 7) is 27.2. The van der Waals surface area contributed by atoms with Crippen LogP contribution in [0.15, 0.2) is 97.2 Å². The van der Waals surface area contributed by atoms with Crippen LogP contribution in [0.1, 0.15) is 158 Å². The third-order valence-electron chi connectivity index (χ3n) is 15.2. The monoisotopic (exact) mass is 1100 g/mol. The van der Waals surface area contributed by atoms with E-state index in [9.17, 15) is 0 Å². The van der Waals surface area contributed by atoms with Crippen molar-refractivity contribution in [2.45, 2.75) is 158 Å². The molecule has 0 heterocycles. The molecule has 4 saturated carbocycles. The Labute approximate surface area is 431 Å². The van der Waals surface area contributed by atoms with E-state index in [1.165, 1.54) is 96.3 Å². The van der Waals surface area contributed by atoms with E-state index in [-0.39, 0.29) is 40.5 Å². The van der Waals surface area contributed by atoms with Gasteiger partial charge < -0.3 is 29.7 Å². The molecule has 8 unspecified atom stereocenters. The molecule has 4 fully saturated rings. The first-order valence-electron chi connectivity index (χ1n) is 23.4. The van der Waals surface area contributed by atoms with Crippen LogP contribution >= 0.6 is 34.1 Å². The molecular weight excluding hydrogens is 1010 g/mol. The predicted molar refractivity (Wildman–Crippen MR) is 284 cm³/mol. The molecular formula is C57H94Cl4Zr2. The zero-order valence-electron chi connectivity index (χ0n) is 42.4. The summed E-state index contributed by atoms with van der Waals surface area (Å²) in [5.41, 5.74) is 3.90. The van der Waals surface area contributed by atoms with Crippen LogP contribution in [-0.2, 0) is 41.7 Å². The molecule has 0 nitrogen and oxygen atoms in total. The number of allylic oxidation sites excluding steroid dienone is 14. The van der Waals surface area contributed by atoms with Gasteiger partial charge in [0.05, 0.1) is 0 Å². The van der Waals surface area contributed by atoms with Crippen molar-refractivity contribution in [1.82, 2.24) is 0 Å². The summed E-state index contributed by atoms with van der Waals surface area (Å²) >= 11 is -1.65. The summed E-state index contributed by atoms with van der Waals surface area (Å²) in [5, 5.41) is 0. The molecule has 0 aromatic heterocycles. The zero-order valence-corrected chi connectivity index (χ0v) is 50.4. The van der Waals surface area contributed by atoms with Gasteiger partial charge in [-0.2, -0.15) is 0 Å². The van der Waals surface area contributed by atoms with Crippen molar-refractivity contribution in [2.75, 3.05) is 0 Å². The maximum atomic E-state index is 4.93. The second-order valence-electron chi connectivity index (χ2n) is 20.9. The molecule has 0 amide bonds. The fourth-order valence-corrected chi connectivity index (χ4v) is 12.0. The van der Waals surface area contributed by atoms with E-state index in [0.717, 1.165) is 36.0 Å². The van der Waals surface area contributed by atoms with Gasteiger partial charge in [-0.25, -0.2) is 0 Å². The van der Waals surface area contributed by atoms with E-state index in [4.69, 9.17) is 34.1 Å². The minimum absolute atomic E-state index is 0. The van der Waals surface area contributed by atoms with Crippen molar-refractivity contribution in [3.05, 3.63) is 127 Å². The van der Waals surface area contributed by atoms with E-state index < -0.39 is 41.7 Å². The summed E-state index contributed by atoms with van der Waals surface area (Å²) in [6.07, 6.45) is 51.5. The maximum absolute atomic E-state index is 4.93. The predicted octanol–water partition coefficient (Wildman–Crippen LogP) is 20.6. The molecule has 0 radical (unpaired) electrons. The summed E-state index contributed by atoms with van der Waals surface area (Å²) in [4.78, 5) is 0. The van der Waals surface area contributed by atoms with E-state index in [0.29, 0.717) is 35.0 Å². The fraction of sp³-hybridized carbons (Fsp3) is 0.649. The van der Waals surface area contributed by atoms with Gasteiger partial charge in [0.25, 0.3) is 0 Å². The molecule has 0 aromatic rings. The fourth-order valence-electron chi connectivity index (χ4n) is 12.0. The molecule has 0 bridgehead atoms. The van der Waals surface area contributed by atoms with Crippen LogP contribution in [0, 0.1) is 105 Å². The summed E-state index contributed by atoms with van der Waals surface area (Å²) in [6, 6.07) is 0. The second kappa shape index (κ2) is 33.4. The Kier molecular flexibility index (Phi) is 34.9. The van der Waals surface area contributed by atoms with Crippen LogP contribution < -0.4 is 0 Å². The number of rotatable bonds is 10. The van der Waals surface area contributed by atoms with Crippen molar-refractivity contribution < 1.29 is 41.7 Å². The summed E-state index contributed by atoms with van der Waals surface area (Å²) in [7, 11) is 19.7. The topological polar surface area (TPSA) is 0 Å². The Morgan fingerprint density at radius 1 is 0.619 bits per heavy atom. The molecule has 63 heavy (non-hydrogen) atoms. The number of unbranched alkanes of at least 4 members (excludes halogenated alkanes) is 1. The number of fused-ring (bicyclic) bond motifs is 4. The SMILES string of the molecule is C=CCC1CCC2C=CC=CC21.C=CCCC(C)(C1CCCC1)C1C2C=C(C(C)(C)C)C=CC2C2C=CC(C(C)(C)C)=CC21.CCCCC1CCCC1.[CH3-].[CH3-].[CH3-].[CH3-].[Cl][Zr+2][Cl].[Cl][Zr+2][Cl]. The van der Waals surface area contributed by atoms with E-state index >= 15 is 0 Å². The summed E-state index contributed by atoms with van der Waals surface area (Å²) < 4.78 is 0. The van der Waals surface area contributed by atoms with E-state index in [1.54, 1.807) is 11.1 Å². The van der Waals surface area contributed by atoms with Crippen LogP contribution in [0.4, 0.5) is 0 Å². The first-order chi connectivity index (χ1) is 28.1. The Hall–Kier alpha value is 0.846. The molecule has 0 spiro atoms. The van der Waals surface area contributed by atoms with Gasteiger partial charge in [-0.05, 0) is 132 Å². The minimum atomic E-state index is -0.826. The van der Waals surface area contributed by atoms with Crippen LogP contribution in [0.5, 0.6) is 0 Å². The molecule has 0 aromatic carbocycles. The van der Waals surface area contributed by atoms with Crippen molar-refractivity contribution in [3.8, 4) is 0 Å². The van der Waals surface area contributed by atoms with Crippen LogP contribution in [-0.4, -0.2) is 0 Å². The van der Waals surface area contributed by atoms with Gasteiger partial charge in [0.2, 0.25) is 0 Å². The third kappa shape index (κ3) is 19.6. The van der Waals surface area contributed by atoms with E-state index in [1.807, 2.05) is 0 Å². The molecule has 7 aliphatic carbocycles. The second-order valence-corrected chi connectivity index (χ2v) is 28.4. The third-order valence-corrected chi connectivity index (χ3v) is 15.2. The van der Waals surface area contributed by atoms with Crippen LogP contribution in [0.2, 0.25) is 0 Å². The molecule has 0 N–H and O–H groups in total. The zero-order chi connectivity index (χ0) is 43.6. The van der Waals surface area contributed by atoms with Crippen LogP contribution in [0.3, 0.4) is 0 Å². The number of hydrogen-bond acceptors (Lipinski definition) is 0. The Bertz CT molecular complexity index is 1380. The molecule has 7 rings (SSSR count). The van der Waals surface area contributed by atoms with Crippen molar-refractivity contribution >= 4 is 34.1 Å². The first kappa shape index (κ1) is 65.9. The molecule has 6 heteroatoms. The average Bonchev–Trinajstić information content (AvgIpc) is 4.04. The normalized spacial score (nSPS) is 28.1. The van der Waals surface area contributed by atoms with Gasteiger partial charge >= 0.3 is 75.7 Å². The van der Waals surface area contributed by atoms with Gasteiger partial charge in [-0.15, -0.1) is 13.2 Å². The number of halogens is 4. The van der Waals surface area contributed by atoms with Crippen molar-refractivity contribution in [3.63, 3.8) is 0 Å². The summed E-state index contributed by atoms with van der Waals surface area (Å²) in [5.74, 6) is 7.81. The van der Waals surface area contributed by atoms with Gasteiger partial charge in [-0.3, -0.25) is 0 Å². The first-order valence-corrected chi connectivity index (χ1v) is 36.1. The van der Waals surface area contributed by atoms with E-state index in [2.05, 4.69) is 141 Å². The standard InChI is InChI=1S/C32H48.C12H16.C9H18.4CH3.4ClH.2Zr/c1-9-10-19-32(8,22-13-11-12-14-22)29-27-20-23(30(2,3)4)15-17-25(27)26-18-16-24(21-28(26)29)31(5,6)7;1-2-5-10-8-9-11-6-3-4-7-12(10)11;1-2-3-6-9-7-4-5-8-9;;;;;;;;;;/h9,15-18,20-22,25-29H,1,10-14,19H2,2-8H3;2-4,6-7,10-12H,1,5,8-9H2;9H,2-8H2,1H3;4*1H3;4*1H;;/q;;;4*-1;;;;;2*+4/p-4. The van der Waals surface area contributed by atoms with Crippen molar-refractivity contribution in [2.24, 2.45) is 75.4 Å². The molecule has 358 valence electrons. The van der Waals surface area contributed by atoms with Gasteiger partial charge in [0, 0.05) is 0 Å². The van der Waals surface area contributed by atoms with Crippen LogP contribution in [0.25, 0.3) is 0 Å².